The highest BCUT2D eigenvalue weighted by atomic mass is 16.2. The molecule has 96 valence electrons. The smallest absolute Gasteiger partial charge is 0.319 e. The van der Waals surface area contributed by atoms with Crippen molar-refractivity contribution in [3.63, 3.8) is 0 Å². The molecule has 4 nitrogen and oxygen atoms in total. The first-order chi connectivity index (χ1) is 7.52. The van der Waals surface area contributed by atoms with Gasteiger partial charge in [0.2, 0.25) is 0 Å². The van der Waals surface area contributed by atoms with Crippen molar-refractivity contribution < 1.29 is 4.79 Å². The molecule has 16 heavy (non-hydrogen) atoms. The molecule has 4 heteroatoms. The summed E-state index contributed by atoms with van der Waals surface area (Å²) >= 11 is 0. The molecular formula is C12H27N3O. The number of piperazine rings is 1. The van der Waals surface area contributed by atoms with Gasteiger partial charge >= 0.3 is 6.03 Å². The average molecular weight is 229 g/mol. The lowest BCUT2D eigenvalue weighted by Gasteiger charge is -2.37. The summed E-state index contributed by atoms with van der Waals surface area (Å²) in [6, 6.07) is 0.722. The normalized spacial score (nSPS) is 16.8. The molecule has 0 aromatic rings. The van der Waals surface area contributed by atoms with Gasteiger partial charge in [0.15, 0.2) is 0 Å². The Morgan fingerprint density at radius 3 is 1.81 bits per heavy atom. The summed E-state index contributed by atoms with van der Waals surface area (Å²) in [4.78, 5) is 17.6. The molecular weight excluding hydrogens is 202 g/mol. The third-order valence-corrected chi connectivity index (χ3v) is 2.70. The van der Waals surface area contributed by atoms with Crippen molar-refractivity contribution in [2.75, 3.05) is 40.3 Å². The third kappa shape index (κ3) is 4.39. The Morgan fingerprint density at radius 1 is 1.06 bits per heavy atom. The molecule has 0 atom stereocenters. The lowest BCUT2D eigenvalue weighted by atomic mass is 10.2. The molecule has 0 saturated carbocycles. The van der Waals surface area contributed by atoms with Crippen LogP contribution in [0, 0.1) is 0 Å². The Labute approximate surface area is 100 Å². The minimum Gasteiger partial charge on any atom is -0.331 e. The molecule has 0 unspecified atom stereocenters. The highest BCUT2D eigenvalue weighted by Gasteiger charge is 2.22. The van der Waals surface area contributed by atoms with Crippen molar-refractivity contribution in [3.8, 4) is 0 Å². The van der Waals surface area contributed by atoms with Crippen molar-refractivity contribution in [1.82, 2.24) is 14.7 Å². The van der Waals surface area contributed by atoms with Gasteiger partial charge in [-0.25, -0.2) is 4.79 Å². The topological polar surface area (TPSA) is 26.8 Å². The van der Waals surface area contributed by atoms with Crippen LogP contribution in [-0.2, 0) is 0 Å². The van der Waals surface area contributed by atoms with Crippen LogP contribution in [0.2, 0.25) is 0 Å². The van der Waals surface area contributed by atoms with E-state index in [2.05, 4.69) is 18.7 Å². The molecule has 0 aromatic heterocycles. The highest BCUT2D eigenvalue weighted by molar-refractivity contribution is 5.73. The number of amides is 2. The lowest BCUT2D eigenvalue weighted by Crippen LogP contribution is -2.52. The molecule has 0 spiro atoms. The molecule has 0 aliphatic carbocycles. The van der Waals surface area contributed by atoms with E-state index in [-0.39, 0.29) is 6.03 Å². The maximum absolute atomic E-state index is 11.6. The van der Waals surface area contributed by atoms with Crippen molar-refractivity contribution in [2.24, 2.45) is 0 Å². The minimum absolute atomic E-state index is 0.133. The highest BCUT2D eigenvalue weighted by Crippen LogP contribution is 2.06. The molecule has 2 amide bonds. The number of hydrogen-bond acceptors (Lipinski definition) is 2. The number of carbonyl (C=O) groups excluding carboxylic acids is 1. The summed E-state index contributed by atoms with van der Waals surface area (Å²) in [5.74, 6) is 0. The molecule has 1 fully saturated rings. The zero-order valence-corrected chi connectivity index (χ0v) is 11.7. The van der Waals surface area contributed by atoms with Crippen LogP contribution in [-0.4, -0.2) is 67.0 Å². The van der Waals surface area contributed by atoms with Gasteiger partial charge in [0, 0.05) is 46.3 Å². The first-order valence-electron chi connectivity index (χ1n) is 6.22. The quantitative estimate of drug-likeness (QED) is 0.684. The largest absolute Gasteiger partial charge is 0.331 e. The Hall–Kier alpha value is -0.770. The van der Waals surface area contributed by atoms with Crippen LogP contribution < -0.4 is 0 Å². The van der Waals surface area contributed by atoms with E-state index in [0.717, 1.165) is 26.2 Å². The molecule has 0 aromatic carbocycles. The van der Waals surface area contributed by atoms with E-state index in [1.165, 1.54) is 0 Å². The fourth-order valence-electron chi connectivity index (χ4n) is 1.71. The summed E-state index contributed by atoms with van der Waals surface area (Å²) in [5, 5.41) is 0. The Morgan fingerprint density at radius 2 is 1.50 bits per heavy atom. The first kappa shape index (κ1) is 15.2. The summed E-state index contributed by atoms with van der Waals surface area (Å²) in [5.41, 5.74) is 0. The second kappa shape index (κ2) is 7.49. The van der Waals surface area contributed by atoms with Gasteiger partial charge in [-0.15, -0.1) is 0 Å². The Balaban J connectivity index is 0.00000106. The molecule has 1 aliphatic rings. The maximum atomic E-state index is 11.6. The van der Waals surface area contributed by atoms with Gasteiger partial charge in [0.1, 0.15) is 0 Å². The van der Waals surface area contributed by atoms with Gasteiger partial charge in [-0.3, -0.25) is 4.90 Å². The predicted molar refractivity (Wildman–Crippen MR) is 68.7 cm³/mol. The Bertz CT molecular complexity index is 196. The van der Waals surface area contributed by atoms with Crippen LogP contribution in [0.15, 0.2) is 0 Å². The SMILES string of the molecule is CC.CC(C)N1CCN(C(=O)N(C)C)CC1. The van der Waals surface area contributed by atoms with E-state index in [4.69, 9.17) is 0 Å². The second-order valence-electron chi connectivity index (χ2n) is 4.29. The van der Waals surface area contributed by atoms with E-state index in [1.807, 2.05) is 18.7 Å². The van der Waals surface area contributed by atoms with Crippen LogP contribution >= 0.6 is 0 Å². The molecule has 1 aliphatic heterocycles. The van der Waals surface area contributed by atoms with Crippen LogP contribution in [0.4, 0.5) is 4.79 Å². The standard InChI is InChI=1S/C10H21N3O.C2H6/c1-9(2)12-5-7-13(8-6-12)10(14)11(3)4;1-2/h9H,5-8H2,1-4H3;1-2H3. The molecule has 1 heterocycles. The van der Waals surface area contributed by atoms with Crippen molar-refractivity contribution >= 4 is 6.03 Å². The van der Waals surface area contributed by atoms with E-state index in [0.29, 0.717) is 6.04 Å². The summed E-state index contributed by atoms with van der Waals surface area (Å²) in [6.45, 7) is 12.1. The van der Waals surface area contributed by atoms with Gasteiger partial charge in [0.25, 0.3) is 0 Å². The molecule has 1 saturated heterocycles. The third-order valence-electron chi connectivity index (χ3n) is 2.70. The molecule has 0 radical (unpaired) electrons. The van der Waals surface area contributed by atoms with Crippen LogP contribution in [0.25, 0.3) is 0 Å². The van der Waals surface area contributed by atoms with Crippen molar-refractivity contribution in [3.05, 3.63) is 0 Å². The number of urea groups is 1. The van der Waals surface area contributed by atoms with Crippen molar-refractivity contribution in [2.45, 2.75) is 33.7 Å². The monoisotopic (exact) mass is 229 g/mol. The fraction of sp³-hybridized carbons (Fsp3) is 0.917. The molecule has 1 rings (SSSR count). The first-order valence-corrected chi connectivity index (χ1v) is 6.22. The van der Waals surface area contributed by atoms with Crippen LogP contribution in [0.3, 0.4) is 0 Å². The van der Waals surface area contributed by atoms with Gasteiger partial charge < -0.3 is 9.80 Å². The average Bonchev–Trinajstić information content (AvgIpc) is 2.30. The number of hydrogen-bond donors (Lipinski definition) is 0. The number of rotatable bonds is 1. The van der Waals surface area contributed by atoms with E-state index in [1.54, 1.807) is 19.0 Å². The second-order valence-corrected chi connectivity index (χ2v) is 4.29. The molecule has 0 N–H and O–H groups in total. The maximum Gasteiger partial charge on any atom is 0.319 e. The summed E-state index contributed by atoms with van der Waals surface area (Å²) < 4.78 is 0. The van der Waals surface area contributed by atoms with E-state index in [9.17, 15) is 4.79 Å². The Kier molecular flexibility index (Phi) is 7.13. The van der Waals surface area contributed by atoms with E-state index < -0.39 is 0 Å². The van der Waals surface area contributed by atoms with Gasteiger partial charge in [-0.2, -0.15) is 0 Å². The van der Waals surface area contributed by atoms with E-state index >= 15 is 0 Å². The lowest BCUT2D eigenvalue weighted by molar-refractivity contribution is 0.107. The zero-order chi connectivity index (χ0) is 12.7. The number of carbonyl (C=O) groups is 1. The van der Waals surface area contributed by atoms with Crippen LogP contribution in [0.5, 0.6) is 0 Å². The number of nitrogens with zero attached hydrogens (tertiary/aromatic N) is 3. The molecule has 0 bridgehead atoms. The minimum atomic E-state index is 0.133. The predicted octanol–water partition coefficient (Wildman–Crippen LogP) is 1.72. The van der Waals surface area contributed by atoms with Gasteiger partial charge in [0.05, 0.1) is 0 Å². The fourth-order valence-corrected chi connectivity index (χ4v) is 1.71. The summed E-state index contributed by atoms with van der Waals surface area (Å²) in [6.07, 6.45) is 0. The zero-order valence-electron chi connectivity index (χ0n) is 11.7. The van der Waals surface area contributed by atoms with Gasteiger partial charge in [-0.1, -0.05) is 13.8 Å². The summed E-state index contributed by atoms with van der Waals surface area (Å²) in [7, 11) is 3.61. The van der Waals surface area contributed by atoms with Crippen LogP contribution in [0.1, 0.15) is 27.7 Å². The van der Waals surface area contributed by atoms with Gasteiger partial charge in [-0.05, 0) is 13.8 Å². The van der Waals surface area contributed by atoms with Crippen molar-refractivity contribution in [1.29, 1.82) is 0 Å².